The van der Waals surface area contributed by atoms with Gasteiger partial charge in [0.25, 0.3) is 0 Å². The molecule has 0 fully saturated rings. The summed E-state index contributed by atoms with van der Waals surface area (Å²) in [7, 11) is 0. The third-order valence-electron chi connectivity index (χ3n) is 5.83. The zero-order chi connectivity index (χ0) is 29.0. The molecule has 4 amide bonds. The van der Waals surface area contributed by atoms with Crippen LogP contribution in [-0.4, -0.2) is 75.1 Å². The van der Waals surface area contributed by atoms with Crippen molar-refractivity contribution in [3.63, 3.8) is 0 Å². The van der Waals surface area contributed by atoms with E-state index in [1.165, 1.54) is 24.3 Å². The number of benzene rings is 1. The van der Waals surface area contributed by atoms with Gasteiger partial charge in [0.1, 0.15) is 23.9 Å². The molecule has 5 atom stereocenters. The SMILES string of the molecule is CCC(C)C(NC(=O)C(Cc1ccc(O)cc1)NC(=O)C(CC(N)=O)NC(=O)C(N)CCC(=O)O)C(=O)O. The van der Waals surface area contributed by atoms with Crippen molar-refractivity contribution in [3.8, 4) is 5.75 Å². The van der Waals surface area contributed by atoms with Gasteiger partial charge in [-0.05, 0) is 30.0 Å². The third kappa shape index (κ3) is 10.8. The molecule has 38 heavy (non-hydrogen) atoms. The Morgan fingerprint density at radius 3 is 1.95 bits per heavy atom. The molecule has 14 nitrogen and oxygen atoms in total. The molecule has 1 rings (SSSR count). The highest BCUT2D eigenvalue weighted by atomic mass is 16.4. The van der Waals surface area contributed by atoms with Crippen molar-refractivity contribution in [1.82, 2.24) is 16.0 Å². The molecule has 0 saturated heterocycles. The van der Waals surface area contributed by atoms with E-state index in [1.807, 2.05) is 0 Å². The Morgan fingerprint density at radius 2 is 1.45 bits per heavy atom. The predicted octanol–water partition coefficient (Wildman–Crippen LogP) is -1.41. The van der Waals surface area contributed by atoms with Crippen molar-refractivity contribution in [1.29, 1.82) is 0 Å². The number of amides is 4. The average Bonchev–Trinajstić information content (AvgIpc) is 2.84. The molecule has 210 valence electrons. The van der Waals surface area contributed by atoms with Gasteiger partial charge >= 0.3 is 11.9 Å². The number of phenols is 1. The molecule has 0 aromatic heterocycles. The van der Waals surface area contributed by atoms with E-state index in [-0.39, 0.29) is 18.6 Å². The molecule has 0 spiro atoms. The molecule has 1 aromatic rings. The number of hydrogen-bond donors (Lipinski definition) is 8. The van der Waals surface area contributed by atoms with Crippen LogP contribution < -0.4 is 27.4 Å². The number of phenolic OH excluding ortho intramolecular Hbond substituents is 1. The highest BCUT2D eigenvalue weighted by molar-refractivity contribution is 5.96. The first-order valence-electron chi connectivity index (χ1n) is 11.9. The van der Waals surface area contributed by atoms with Gasteiger partial charge in [0.05, 0.1) is 12.5 Å². The van der Waals surface area contributed by atoms with Crippen LogP contribution in [0.1, 0.15) is 45.1 Å². The van der Waals surface area contributed by atoms with Gasteiger partial charge in [-0.3, -0.25) is 24.0 Å². The number of primary amides is 1. The minimum atomic E-state index is -1.55. The molecular weight excluding hydrogens is 502 g/mol. The molecule has 0 bridgehead atoms. The minimum Gasteiger partial charge on any atom is -0.508 e. The number of carbonyl (C=O) groups is 6. The first kappa shape index (κ1) is 31.8. The Bertz CT molecular complexity index is 1020. The summed E-state index contributed by atoms with van der Waals surface area (Å²) < 4.78 is 0. The first-order valence-corrected chi connectivity index (χ1v) is 11.9. The van der Waals surface area contributed by atoms with Crippen molar-refractivity contribution in [2.45, 2.75) is 70.1 Å². The highest BCUT2D eigenvalue weighted by Gasteiger charge is 2.32. The smallest absolute Gasteiger partial charge is 0.326 e. The van der Waals surface area contributed by atoms with E-state index < -0.39 is 78.5 Å². The second-order valence-corrected chi connectivity index (χ2v) is 8.91. The van der Waals surface area contributed by atoms with E-state index in [9.17, 15) is 39.0 Å². The first-order chi connectivity index (χ1) is 17.7. The molecule has 0 aliphatic heterocycles. The Morgan fingerprint density at radius 1 is 0.895 bits per heavy atom. The van der Waals surface area contributed by atoms with Crippen LogP contribution >= 0.6 is 0 Å². The van der Waals surface area contributed by atoms with E-state index in [0.717, 1.165) is 0 Å². The van der Waals surface area contributed by atoms with Crippen molar-refractivity contribution in [3.05, 3.63) is 29.8 Å². The number of aliphatic carboxylic acids is 2. The number of carboxylic acid groups (broad SMARTS) is 2. The fraction of sp³-hybridized carbons (Fsp3) is 0.500. The Kier molecular flexibility index (Phi) is 12.7. The maximum Gasteiger partial charge on any atom is 0.326 e. The maximum atomic E-state index is 13.1. The van der Waals surface area contributed by atoms with Gasteiger partial charge < -0.3 is 42.7 Å². The number of carboxylic acids is 2. The molecular formula is C24H35N5O9. The zero-order valence-electron chi connectivity index (χ0n) is 21.2. The lowest BCUT2D eigenvalue weighted by atomic mass is 9.98. The lowest BCUT2D eigenvalue weighted by molar-refractivity contribution is -0.144. The molecule has 5 unspecified atom stereocenters. The number of rotatable bonds is 16. The molecule has 0 aliphatic rings. The summed E-state index contributed by atoms with van der Waals surface area (Å²) in [5.41, 5.74) is 11.4. The number of nitrogens with two attached hydrogens (primary N) is 2. The molecule has 0 heterocycles. The lowest BCUT2D eigenvalue weighted by Crippen LogP contribution is -2.58. The number of carbonyl (C=O) groups excluding carboxylic acids is 4. The number of aromatic hydroxyl groups is 1. The van der Waals surface area contributed by atoms with E-state index in [4.69, 9.17) is 16.6 Å². The third-order valence-corrected chi connectivity index (χ3v) is 5.83. The van der Waals surface area contributed by atoms with Crippen LogP contribution in [-0.2, 0) is 35.2 Å². The van der Waals surface area contributed by atoms with Gasteiger partial charge in [-0.1, -0.05) is 32.4 Å². The summed E-state index contributed by atoms with van der Waals surface area (Å²) in [4.78, 5) is 72.6. The molecule has 14 heteroatoms. The summed E-state index contributed by atoms with van der Waals surface area (Å²) in [6.07, 6.45) is -0.968. The summed E-state index contributed by atoms with van der Waals surface area (Å²) >= 11 is 0. The summed E-state index contributed by atoms with van der Waals surface area (Å²) in [5, 5.41) is 34.9. The second-order valence-electron chi connectivity index (χ2n) is 8.91. The van der Waals surface area contributed by atoms with Gasteiger partial charge in [0.15, 0.2) is 0 Å². The van der Waals surface area contributed by atoms with Gasteiger partial charge in [-0.15, -0.1) is 0 Å². The largest absolute Gasteiger partial charge is 0.508 e. The average molecular weight is 538 g/mol. The molecule has 0 saturated carbocycles. The summed E-state index contributed by atoms with van der Waals surface area (Å²) in [5.74, 6) is -6.59. The van der Waals surface area contributed by atoms with Crippen LogP contribution in [0.4, 0.5) is 0 Å². The highest BCUT2D eigenvalue weighted by Crippen LogP contribution is 2.13. The van der Waals surface area contributed by atoms with Crippen LogP contribution in [0.15, 0.2) is 24.3 Å². The Labute approximate surface area is 219 Å². The van der Waals surface area contributed by atoms with Crippen molar-refractivity contribution >= 4 is 35.6 Å². The zero-order valence-corrected chi connectivity index (χ0v) is 21.2. The van der Waals surface area contributed by atoms with Crippen LogP contribution in [0, 0.1) is 5.92 Å². The van der Waals surface area contributed by atoms with E-state index in [0.29, 0.717) is 12.0 Å². The summed E-state index contributed by atoms with van der Waals surface area (Å²) in [6, 6.07) is 0.281. The van der Waals surface area contributed by atoms with Gasteiger partial charge in [-0.2, -0.15) is 0 Å². The fourth-order valence-electron chi connectivity index (χ4n) is 3.39. The van der Waals surface area contributed by atoms with Crippen LogP contribution in [0.25, 0.3) is 0 Å². The lowest BCUT2D eigenvalue weighted by Gasteiger charge is -2.26. The quantitative estimate of drug-likeness (QED) is 0.122. The molecule has 10 N–H and O–H groups in total. The summed E-state index contributed by atoms with van der Waals surface area (Å²) in [6.45, 7) is 3.39. The molecule has 0 aliphatic carbocycles. The van der Waals surface area contributed by atoms with Gasteiger partial charge in [-0.25, -0.2) is 4.79 Å². The standard InChI is InChI=1S/C24H35N5O9/c1-3-12(2)20(24(37)38)29-23(36)16(10-13-4-6-14(30)7-5-13)28-22(35)17(11-18(26)31)27-21(34)15(25)8-9-19(32)33/h4-7,12,15-17,20,30H,3,8-11,25H2,1-2H3,(H2,26,31)(H,27,34)(H,28,35)(H,29,36)(H,32,33)(H,37,38). The molecule has 1 aromatic carbocycles. The van der Waals surface area contributed by atoms with E-state index in [2.05, 4.69) is 16.0 Å². The van der Waals surface area contributed by atoms with Gasteiger partial charge in [0.2, 0.25) is 23.6 Å². The predicted molar refractivity (Wildman–Crippen MR) is 133 cm³/mol. The van der Waals surface area contributed by atoms with Crippen LogP contribution in [0.2, 0.25) is 0 Å². The van der Waals surface area contributed by atoms with Crippen molar-refractivity contribution in [2.24, 2.45) is 17.4 Å². The fourth-order valence-corrected chi connectivity index (χ4v) is 3.39. The maximum absolute atomic E-state index is 13.1. The van der Waals surface area contributed by atoms with E-state index >= 15 is 0 Å². The Hall–Kier alpha value is -4.20. The second kappa shape index (κ2) is 15.1. The Balaban J connectivity index is 3.17. The molecule has 0 radical (unpaired) electrons. The van der Waals surface area contributed by atoms with Crippen molar-refractivity contribution < 1.29 is 44.1 Å². The van der Waals surface area contributed by atoms with Gasteiger partial charge in [0, 0.05) is 12.8 Å². The normalized spacial score (nSPS) is 14.7. The number of nitrogens with one attached hydrogen (secondary N) is 3. The van der Waals surface area contributed by atoms with Crippen LogP contribution in [0.3, 0.4) is 0 Å². The number of hydrogen-bond acceptors (Lipinski definition) is 8. The topological polar surface area (TPSA) is 251 Å². The monoisotopic (exact) mass is 537 g/mol. The van der Waals surface area contributed by atoms with Crippen LogP contribution in [0.5, 0.6) is 5.75 Å². The van der Waals surface area contributed by atoms with Crippen molar-refractivity contribution in [2.75, 3.05) is 0 Å². The minimum absolute atomic E-state index is 0.0371. The van der Waals surface area contributed by atoms with E-state index in [1.54, 1.807) is 13.8 Å².